The van der Waals surface area contributed by atoms with Gasteiger partial charge in [0, 0.05) is 0 Å². The second kappa shape index (κ2) is 9.41. The molecule has 0 aromatic heterocycles. The second-order valence-electron chi connectivity index (χ2n) is 3.85. The monoisotopic (exact) mass is 206 g/mol. The predicted octanol–water partition coefficient (Wildman–Crippen LogP) is 2.78. The smallest absolute Gasteiger partial charge is 0.222 e. The molecule has 0 aliphatic heterocycles. The Balaban J connectivity index is 3.06. The van der Waals surface area contributed by atoms with Crippen molar-refractivity contribution >= 4 is 0 Å². The highest BCUT2D eigenvalue weighted by Gasteiger charge is 2.13. The van der Waals surface area contributed by atoms with E-state index in [0.29, 0.717) is 6.42 Å². The third-order valence-corrected chi connectivity index (χ3v) is 2.42. The summed E-state index contributed by atoms with van der Waals surface area (Å²) in [6, 6.07) is 0. The highest BCUT2D eigenvalue weighted by Crippen LogP contribution is 2.11. The standard InChI is InChI=1S/C11H23FO2/c1-2-3-4-5-6-7-8-9-10(13)11(12)14/h10-11,13-14H,2-9H2,1H3. The molecule has 0 fully saturated rings. The average molecular weight is 206 g/mol. The van der Waals surface area contributed by atoms with Gasteiger partial charge >= 0.3 is 0 Å². The zero-order chi connectivity index (χ0) is 10.8. The van der Waals surface area contributed by atoms with E-state index in [4.69, 9.17) is 10.2 Å². The molecule has 0 spiro atoms. The van der Waals surface area contributed by atoms with Crippen LogP contribution >= 0.6 is 0 Å². The van der Waals surface area contributed by atoms with Crippen molar-refractivity contribution in [3.8, 4) is 0 Å². The summed E-state index contributed by atoms with van der Waals surface area (Å²) in [6.07, 6.45) is 5.09. The number of halogens is 1. The van der Waals surface area contributed by atoms with Crippen LogP contribution in [0.2, 0.25) is 0 Å². The van der Waals surface area contributed by atoms with E-state index in [1.165, 1.54) is 25.7 Å². The number of alkyl halides is 1. The molecule has 0 rings (SSSR count). The Bertz CT molecular complexity index is 118. The lowest BCUT2D eigenvalue weighted by Crippen LogP contribution is -2.20. The fourth-order valence-electron chi connectivity index (χ4n) is 1.45. The molecule has 0 saturated heterocycles. The summed E-state index contributed by atoms with van der Waals surface area (Å²) in [5.74, 6) is 0. The van der Waals surface area contributed by atoms with Gasteiger partial charge in [0.05, 0.1) is 0 Å². The van der Waals surface area contributed by atoms with E-state index in [1.807, 2.05) is 0 Å². The quantitative estimate of drug-likeness (QED) is 0.569. The first-order chi connectivity index (χ1) is 6.68. The van der Waals surface area contributed by atoms with Gasteiger partial charge in [-0.05, 0) is 6.42 Å². The first-order valence-electron chi connectivity index (χ1n) is 5.68. The van der Waals surface area contributed by atoms with Crippen LogP contribution in [-0.2, 0) is 0 Å². The molecule has 0 amide bonds. The molecule has 0 aromatic carbocycles. The number of aliphatic hydroxyl groups excluding tert-OH is 2. The molecule has 0 aromatic rings. The Kier molecular flexibility index (Phi) is 9.31. The summed E-state index contributed by atoms with van der Waals surface area (Å²) in [7, 11) is 0. The van der Waals surface area contributed by atoms with Crippen LogP contribution in [0.1, 0.15) is 58.3 Å². The Morgan fingerprint density at radius 1 is 0.929 bits per heavy atom. The van der Waals surface area contributed by atoms with Crippen molar-refractivity contribution in [1.82, 2.24) is 0 Å². The summed E-state index contributed by atoms with van der Waals surface area (Å²) < 4.78 is 12.1. The van der Waals surface area contributed by atoms with Gasteiger partial charge in [-0.25, -0.2) is 4.39 Å². The van der Waals surface area contributed by atoms with E-state index in [9.17, 15) is 4.39 Å². The van der Waals surface area contributed by atoms with E-state index >= 15 is 0 Å². The number of rotatable bonds is 9. The first-order valence-corrected chi connectivity index (χ1v) is 5.68. The zero-order valence-electron chi connectivity index (χ0n) is 9.08. The van der Waals surface area contributed by atoms with Gasteiger partial charge in [-0.2, -0.15) is 0 Å². The molecule has 2 N–H and O–H groups in total. The third kappa shape index (κ3) is 8.45. The van der Waals surface area contributed by atoms with E-state index < -0.39 is 12.5 Å². The van der Waals surface area contributed by atoms with Gasteiger partial charge in [0.25, 0.3) is 0 Å². The van der Waals surface area contributed by atoms with Crippen LogP contribution in [0, 0.1) is 0 Å². The van der Waals surface area contributed by atoms with Crippen LogP contribution in [0.4, 0.5) is 4.39 Å². The highest BCUT2D eigenvalue weighted by molar-refractivity contribution is 4.57. The molecule has 3 heteroatoms. The number of hydrogen-bond donors (Lipinski definition) is 2. The lowest BCUT2D eigenvalue weighted by Gasteiger charge is -2.09. The van der Waals surface area contributed by atoms with Crippen LogP contribution in [-0.4, -0.2) is 22.7 Å². The van der Waals surface area contributed by atoms with Gasteiger partial charge in [-0.3, -0.25) is 0 Å². The van der Waals surface area contributed by atoms with Crippen molar-refractivity contribution in [2.24, 2.45) is 0 Å². The maximum Gasteiger partial charge on any atom is 0.222 e. The molecule has 0 aliphatic carbocycles. The fraction of sp³-hybridized carbons (Fsp3) is 1.00. The van der Waals surface area contributed by atoms with Crippen LogP contribution in [0.25, 0.3) is 0 Å². The van der Waals surface area contributed by atoms with Crippen LogP contribution in [0.3, 0.4) is 0 Å². The molecule has 0 saturated carbocycles. The van der Waals surface area contributed by atoms with Gasteiger partial charge in [0.1, 0.15) is 6.10 Å². The van der Waals surface area contributed by atoms with E-state index in [2.05, 4.69) is 6.92 Å². The highest BCUT2D eigenvalue weighted by atomic mass is 19.1. The maximum absolute atomic E-state index is 12.1. The Hall–Kier alpha value is -0.150. The Labute approximate surface area is 86.1 Å². The van der Waals surface area contributed by atoms with Gasteiger partial charge < -0.3 is 10.2 Å². The van der Waals surface area contributed by atoms with Gasteiger partial charge in [0.15, 0.2) is 0 Å². The van der Waals surface area contributed by atoms with Crippen molar-refractivity contribution in [3.63, 3.8) is 0 Å². The Morgan fingerprint density at radius 3 is 1.93 bits per heavy atom. The second-order valence-corrected chi connectivity index (χ2v) is 3.85. The topological polar surface area (TPSA) is 40.5 Å². The largest absolute Gasteiger partial charge is 0.388 e. The molecule has 0 aliphatic rings. The van der Waals surface area contributed by atoms with E-state index in [-0.39, 0.29) is 0 Å². The normalized spacial score (nSPS) is 15.4. The Morgan fingerprint density at radius 2 is 1.43 bits per heavy atom. The molecule has 0 heterocycles. The molecule has 2 atom stereocenters. The SMILES string of the molecule is CCCCCCCCCC(O)C(O)F. The predicted molar refractivity (Wildman–Crippen MR) is 55.7 cm³/mol. The van der Waals surface area contributed by atoms with Crippen LogP contribution in [0.15, 0.2) is 0 Å². The molecule has 86 valence electrons. The summed E-state index contributed by atoms with van der Waals surface area (Å²) >= 11 is 0. The molecule has 14 heavy (non-hydrogen) atoms. The minimum absolute atomic E-state index is 0.367. The van der Waals surface area contributed by atoms with Crippen molar-refractivity contribution in [2.75, 3.05) is 0 Å². The van der Waals surface area contributed by atoms with E-state index in [1.54, 1.807) is 0 Å². The van der Waals surface area contributed by atoms with E-state index in [0.717, 1.165) is 19.3 Å². The van der Waals surface area contributed by atoms with Gasteiger partial charge in [-0.15, -0.1) is 0 Å². The van der Waals surface area contributed by atoms with Crippen molar-refractivity contribution in [3.05, 3.63) is 0 Å². The number of hydrogen-bond acceptors (Lipinski definition) is 2. The lowest BCUT2D eigenvalue weighted by atomic mass is 10.1. The summed E-state index contributed by atoms with van der Waals surface area (Å²) in [5.41, 5.74) is 0. The molecule has 2 nitrogen and oxygen atoms in total. The molecular weight excluding hydrogens is 183 g/mol. The number of aliphatic hydroxyl groups is 2. The van der Waals surface area contributed by atoms with Crippen LogP contribution in [0.5, 0.6) is 0 Å². The summed E-state index contributed by atoms with van der Waals surface area (Å²) in [6.45, 7) is 2.18. The third-order valence-electron chi connectivity index (χ3n) is 2.42. The number of unbranched alkanes of at least 4 members (excludes halogenated alkanes) is 6. The summed E-state index contributed by atoms with van der Waals surface area (Å²) in [4.78, 5) is 0. The van der Waals surface area contributed by atoms with Gasteiger partial charge in [0.2, 0.25) is 6.36 Å². The van der Waals surface area contributed by atoms with Crippen molar-refractivity contribution in [1.29, 1.82) is 0 Å². The van der Waals surface area contributed by atoms with Crippen LogP contribution < -0.4 is 0 Å². The van der Waals surface area contributed by atoms with Crippen molar-refractivity contribution < 1.29 is 14.6 Å². The fourth-order valence-corrected chi connectivity index (χ4v) is 1.45. The molecule has 2 unspecified atom stereocenters. The minimum Gasteiger partial charge on any atom is -0.388 e. The van der Waals surface area contributed by atoms with Crippen molar-refractivity contribution in [2.45, 2.75) is 70.8 Å². The van der Waals surface area contributed by atoms with Gasteiger partial charge in [-0.1, -0.05) is 51.9 Å². The molecular formula is C11H23FO2. The summed E-state index contributed by atoms with van der Waals surface area (Å²) in [5, 5.41) is 17.3. The molecule has 0 bridgehead atoms. The molecule has 0 radical (unpaired) electrons. The minimum atomic E-state index is -2.07. The maximum atomic E-state index is 12.1. The zero-order valence-corrected chi connectivity index (χ0v) is 9.08. The average Bonchev–Trinajstić information content (AvgIpc) is 2.16. The first kappa shape index (κ1) is 13.8. The lowest BCUT2D eigenvalue weighted by molar-refractivity contribution is -0.0685.